The fourth-order valence-electron chi connectivity index (χ4n) is 2.29. The van der Waals surface area contributed by atoms with Gasteiger partial charge in [-0.1, -0.05) is 18.2 Å². The van der Waals surface area contributed by atoms with Gasteiger partial charge in [0.1, 0.15) is 12.3 Å². The molecule has 0 spiro atoms. The fourth-order valence-corrected chi connectivity index (χ4v) is 2.29. The Morgan fingerprint density at radius 3 is 2.74 bits per heavy atom. The van der Waals surface area contributed by atoms with Crippen molar-refractivity contribution >= 4 is 16.9 Å². The molecule has 2 aromatic heterocycles. The van der Waals surface area contributed by atoms with E-state index < -0.39 is 5.97 Å². The maximum Gasteiger partial charge on any atom is 0.323 e. The number of aryl methyl sites for hydroxylation is 1. The standard InChI is InChI=1S/C15H13NO3/c1-10-6-7-14(19-10)13-8-11-4-2-3-5-12(11)16(13)9-15(17)18/h2-8H,9H2,1H3,(H,17,18). The number of benzene rings is 1. The molecule has 0 atom stereocenters. The van der Waals surface area contributed by atoms with E-state index in [1.54, 1.807) is 4.57 Å². The monoisotopic (exact) mass is 255 g/mol. The molecule has 0 aliphatic rings. The van der Waals surface area contributed by atoms with E-state index in [4.69, 9.17) is 9.52 Å². The number of carbonyl (C=O) groups is 1. The van der Waals surface area contributed by atoms with Crippen LogP contribution in [0.2, 0.25) is 0 Å². The minimum absolute atomic E-state index is 0.0808. The predicted molar refractivity (Wildman–Crippen MR) is 72.0 cm³/mol. The lowest BCUT2D eigenvalue weighted by molar-refractivity contribution is -0.137. The molecule has 0 aliphatic carbocycles. The van der Waals surface area contributed by atoms with Gasteiger partial charge < -0.3 is 14.1 Å². The van der Waals surface area contributed by atoms with Crippen LogP contribution in [0, 0.1) is 6.92 Å². The summed E-state index contributed by atoms with van der Waals surface area (Å²) in [6, 6.07) is 13.4. The van der Waals surface area contributed by atoms with Crippen molar-refractivity contribution in [3.63, 3.8) is 0 Å². The Kier molecular flexibility index (Phi) is 2.63. The zero-order valence-electron chi connectivity index (χ0n) is 10.5. The first-order valence-electron chi connectivity index (χ1n) is 6.02. The highest BCUT2D eigenvalue weighted by atomic mass is 16.4. The highest BCUT2D eigenvalue weighted by Crippen LogP contribution is 2.29. The third-order valence-corrected chi connectivity index (χ3v) is 3.10. The van der Waals surface area contributed by atoms with Crippen molar-refractivity contribution < 1.29 is 14.3 Å². The third kappa shape index (κ3) is 2.01. The van der Waals surface area contributed by atoms with Crippen LogP contribution in [0.25, 0.3) is 22.4 Å². The number of para-hydroxylation sites is 1. The molecule has 96 valence electrons. The Hall–Kier alpha value is -2.49. The van der Waals surface area contributed by atoms with Gasteiger partial charge in [0.25, 0.3) is 0 Å². The fraction of sp³-hybridized carbons (Fsp3) is 0.133. The Morgan fingerprint density at radius 2 is 2.05 bits per heavy atom. The number of carboxylic acid groups (broad SMARTS) is 1. The second kappa shape index (κ2) is 4.31. The van der Waals surface area contributed by atoms with Gasteiger partial charge in [-0.15, -0.1) is 0 Å². The Labute approximate surface area is 109 Å². The lowest BCUT2D eigenvalue weighted by Gasteiger charge is -2.05. The van der Waals surface area contributed by atoms with E-state index in [1.165, 1.54) is 0 Å². The van der Waals surface area contributed by atoms with Crippen molar-refractivity contribution in [2.24, 2.45) is 0 Å². The van der Waals surface area contributed by atoms with E-state index in [0.717, 1.165) is 22.4 Å². The van der Waals surface area contributed by atoms with E-state index in [0.29, 0.717) is 5.76 Å². The molecule has 0 bridgehead atoms. The van der Waals surface area contributed by atoms with Gasteiger partial charge in [-0.05, 0) is 31.2 Å². The zero-order chi connectivity index (χ0) is 13.4. The van der Waals surface area contributed by atoms with Gasteiger partial charge in [0.2, 0.25) is 0 Å². The molecule has 0 aliphatic heterocycles. The van der Waals surface area contributed by atoms with Crippen molar-refractivity contribution in [3.8, 4) is 11.5 Å². The summed E-state index contributed by atoms with van der Waals surface area (Å²) in [4.78, 5) is 11.0. The number of aliphatic carboxylic acids is 1. The second-order valence-corrected chi connectivity index (χ2v) is 4.48. The number of hydrogen-bond donors (Lipinski definition) is 1. The molecule has 2 heterocycles. The van der Waals surface area contributed by atoms with Gasteiger partial charge in [0, 0.05) is 10.9 Å². The van der Waals surface area contributed by atoms with E-state index >= 15 is 0 Å². The molecule has 0 fully saturated rings. The summed E-state index contributed by atoms with van der Waals surface area (Å²) in [7, 11) is 0. The van der Waals surface area contributed by atoms with Crippen LogP contribution in [0.3, 0.4) is 0 Å². The van der Waals surface area contributed by atoms with Gasteiger partial charge in [0.15, 0.2) is 5.76 Å². The number of hydrogen-bond acceptors (Lipinski definition) is 2. The summed E-state index contributed by atoms with van der Waals surface area (Å²) in [5.74, 6) is 0.628. The molecular formula is C15H13NO3. The summed E-state index contributed by atoms with van der Waals surface area (Å²) in [6.45, 7) is 1.79. The van der Waals surface area contributed by atoms with Crippen LogP contribution >= 0.6 is 0 Å². The summed E-state index contributed by atoms with van der Waals surface area (Å²) in [5, 5.41) is 10.1. The van der Waals surface area contributed by atoms with Crippen LogP contribution in [0.5, 0.6) is 0 Å². The normalized spacial score (nSPS) is 11.0. The van der Waals surface area contributed by atoms with Crippen molar-refractivity contribution in [1.82, 2.24) is 4.57 Å². The zero-order valence-corrected chi connectivity index (χ0v) is 10.5. The first-order valence-corrected chi connectivity index (χ1v) is 6.02. The maximum atomic E-state index is 11.0. The summed E-state index contributed by atoms with van der Waals surface area (Å²) < 4.78 is 7.37. The molecule has 0 radical (unpaired) electrons. The summed E-state index contributed by atoms with van der Waals surface area (Å²) in [6.07, 6.45) is 0. The highest BCUT2D eigenvalue weighted by Gasteiger charge is 2.14. The molecule has 3 aromatic rings. The number of fused-ring (bicyclic) bond motifs is 1. The lowest BCUT2D eigenvalue weighted by Crippen LogP contribution is -2.09. The average Bonchev–Trinajstić information content (AvgIpc) is 2.94. The second-order valence-electron chi connectivity index (χ2n) is 4.48. The number of nitrogens with zero attached hydrogens (tertiary/aromatic N) is 1. The van der Waals surface area contributed by atoms with Gasteiger partial charge >= 0.3 is 5.97 Å². The SMILES string of the molecule is Cc1ccc(-c2cc3ccccc3n2CC(=O)O)o1. The van der Waals surface area contributed by atoms with Crippen molar-refractivity contribution in [1.29, 1.82) is 0 Å². The van der Waals surface area contributed by atoms with Crippen molar-refractivity contribution in [2.75, 3.05) is 0 Å². The first-order chi connectivity index (χ1) is 9.15. The number of aromatic nitrogens is 1. The van der Waals surface area contributed by atoms with Gasteiger partial charge in [-0.25, -0.2) is 0 Å². The van der Waals surface area contributed by atoms with Crippen LogP contribution in [0.1, 0.15) is 5.76 Å². The summed E-state index contributed by atoms with van der Waals surface area (Å²) in [5.41, 5.74) is 1.69. The molecule has 0 saturated heterocycles. The number of carboxylic acids is 1. The number of rotatable bonds is 3. The lowest BCUT2D eigenvalue weighted by atomic mass is 10.2. The third-order valence-electron chi connectivity index (χ3n) is 3.10. The molecule has 19 heavy (non-hydrogen) atoms. The maximum absolute atomic E-state index is 11.0. The molecular weight excluding hydrogens is 242 g/mol. The van der Waals surface area contributed by atoms with Crippen molar-refractivity contribution in [2.45, 2.75) is 13.5 Å². The predicted octanol–water partition coefficient (Wildman–Crippen LogP) is 3.29. The molecule has 1 aromatic carbocycles. The van der Waals surface area contributed by atoms with E-state index in [2.05, 4.69) is 0 Å². The summed E-state index contributed by atoms with van der Waals surface area (Å²) >= 11 is 0. The van der Waals surface area contributed by atoms with Gasteiger partial charge in [-0.2, -0.15) is 0 Å². The number of furan rings is 1. The van der Waals surface area contributed by atoms with E-state index in [9.17, 15) is 4.79 Å². The average molecular weight is 255 g/mol. The molecule has 0 saturated carbocycles. The minimum atomic E-state index is -0.870. The molecule has 0 amide bonds. The highest BCUT2D eigenvalue weighted by molar-refractivity contribution is 5.87. The first kappa shape index (κ1) is 11.6. The van der Waals surface area contributed by atoms with Crippen LogP contribution in [0.4, 0.5) is 0 Å². The van der Waals surface area contributed by atoms with Gasteiger partial charge in [-0.3, -0.25) is 4.79 Å². The molecule has 4 heteroatoms. The smallest absolute Gasteiger partial charge is 0.323 e. The minimum Gasteiger partial charge on any atom is -0.480 e. The Bertz CT molecular complexity index is 752. The van der Waals surface area contributed by atoms with Crippen LogP contribution in [-0.4, -0.2) is 15.6 Å². The van der Waals surface area contributed by atoms with Crippen LogP contribution in [0.15, 0.2) is 46.9 Å². The van der Waals surface area contributed by atoms with E-state index in [1.807, 2.05) is 49.4 Å². The quantitative estimate of drug-likeness (QED) is 0.781. The Balaban J connectivity index is 2.25. The molecule has 1 N–H and O–H groups in total. The van der Waals surface area contributed by atoms with Crippen LogP contribution < -0.4 is 0 Å². The molecule has 0 unspecified atom stereocenters. The van der Waals surface area contributed by atoms with E-state index in [-0.39, 0.29) is 6.54 Å². The van der Waals surface area contributed by atoms with Crippen LogP contribution in [-0.2, 0) is 11.3 Å². The Morgan fingerprint density at radius 1 is 1.26 bits per heavy atom. The largest absolute Gasteiger partial charge is 0.480 e. The molecule has 3 rings (SSSR count). The molecule has 4 nitrogen and oxygen atoms in total. The topological polar surface area (TPSA) is 55.4 Å². The van der Waals surface area contributed by atoms with Crippen molar-refractivity contribution in [3.05, 3.63) is 48.2 Å². The van der Waals surface area contributed by atoms with Gasteiger partial charge in [0.05, 0.1) is 5.69 Å².